The van der Waals surface area contributed by atoms with E-state index in [0.717, 1.165) is 23.5 Å². The van der Waals surface area contributed by atoms with Crippen LogP contribution in [-0.4, -0.2) is 58.4 Å². The van der Waals surface area contributed by atoms with Crippen LogP contribution in [0.15, 0.2) is 5.10 Å². The SMILES string of the molecule is Cc1nn([C@@H]2CCS(=O)(=O)C2)c(C)c1C=NN1C(=O)NC2(CCC(C)CC2)C1=O. The van der Waals surface area contributed by atoms with E-state index in [-0.39, 0.29) is 23.5 Å². The molecule has 1 aliphatic carbocycles. The van der Waals surface area contributed by atoms with Gasteiger partial charge in [-0.2, -0.15) is 10.2 Å². The molecule has 3 heterocycles. The lowest BCUT2D eigenvalue weighted by Gasteiger charge is -2.33. The van der Waals surface area contributed by atoms with Crippen molar-refractivity contribution in [3.63, 3.8) is 0 Å². The molecular weight excluding hydrogens is 394 g/mol. The minimum atomic E-state index is -3.02. The topological polar surface area (TPSA) is 114 Å². The normalized spacial score (nSPS) is 31.9. The lowest BCUT2D eigenvalue weighted by molar-refractivity contribution is -0.132. The van der Waals surface area contributed by atoms with Crippen LogP contribution in [0, 0.1) is 19.8 Å². The molecular formula is C19H27N5O4S. The zero-order valence-electron chi connectivity index (χ0n) is 17.0. The summed E-state index contributed by atoms with van der Waals surface area (Å²) in [4.78, 5) is 25.3. The predicted molar refractivity (Wildman–Crippen MR) is 107 cm³/mol. The summed E-state index contributed by atoms with van der Waals surface area (Å²) in [5.74, 6) is 0.510. The van der Waals surface area contributed by atoms with Crippen LogP contribution in [0.5, 0.6) is 0 Å². The maximum Gasteiger partial charge on any atom is 0.346 e. The van der Waals surface area contributed by atoms with E-state index in [9.17, 15) is 18.0 Å². The summed E-state index contributed by atoms with van der Waals surface area (Å²) < 4.78 is 25.3. The van der Waals surface area contributed by atoms with Gasteiger partial charge in [0.15, 0.2) is 9.84 Å². The summed E-state index contributed by atoms with van der Waals surface area (Å²) in [5.41, 5.74) is 1.34. The van der Waals surface area contributed by atoms with Gasteiger partial charge in [0.2, 0.25) is 0 Å². The van der Waals surface area contributed by atoms with Crippen molar-refractivity contribution in [1.82, 2.24) is 20.1 Å². The van der Waals surface area contributed by atoms with Gasteiger partial charge in [-0.05, 0) is 51.9 Å². The third kappa shape index (κ3) is 3.47. The van der Waals surface area contributed by atoms with E-state index >= 15 is 0 Å². The van der Waals surface area contributed by atoms with Crippen molar-refractivity contribution in [2.24, 2.45) is 11.0 Å². The van der Waals surface area contributed by atoms with Crippen molar-refractivity contribution < 1.29 is 18.0 Å². The van der Waals surface area contributed by atoms with Crippen LogP contribution in [0.1, 0.15) is 62.0 Å². The quantitative estimate of drug-likeness (QED) is 0.589. The summed E-state index contributed by atoms with van der Waals surface area (Å²) in [6.07, 6.45) is 5.10. The van der Waals surface area contributed by atoms with E-state index < -0.39 is 21.4 Å². The highest BCUT2D eigenvalue weighted by atomic mass is 32.2. The fraction of sp³-hybridized carbons (Fsp3) is 0.684. The van der Waals surface area contributed by atoms with Crippen molar-refractivity contribution in [1.29, 1.82) is 0 Å². The summed E-state index contributed by atoms with van der Waals surface area (Å²) in [6, 6.07) is -0.685. The Bertz CT molecular complexity index is 988. The number of carbonyl (C=O) groups excluding carboxylic acids is 2. The third-order valence-electron chi connectivity index (χ3n) is 6.51. The largest absolute Gasteiger partial charge is 0.346 e. The molecule has 2 aliphatic heterocycles. The van der Waals surface area contributed by atoms with Crippen molar-refractivity contribution >= 4 is 28.0 Å². The van der Waals surface area contributed by atoms with Crippen LogP contribution in [0.3, 0.4) is 0 Å². The monoisotopic (exact) mass is 421 g/mol. The number of hydrogen-bond acceptors (Lipinski definition) is 6. The van der Waals surface area contributed by atoms with Gasteiger partial charge in [0.1, 0.15) is 5.54 Å². The summed E-state index contributed by atoms with van der Waals surface area (Å²) >= 11 is 0. The Hall–Kier alpha value is -2.23. The lowest BCUT2D eigenvalue weighted by Crippen LogP contribution is -2.49. The lowest BCUT2D eigenvalue weighted by atomic mass is 9.77. The molecule has 3 aliphatic rings. The predicted octanol–water partition coefficient (Wildman–Crippen LogP) is 1.69. The van der Waals surface area contributed by atoms with E-state index in [4.69, 9.17) is 0 Å². The van der Waals surface area contributed by atoms with Gasteiger partial charge in [0.25, 0.3) is 5.91 Å². The number of nitrogens with one attached hydrogen (secondary N) is 1. The average molecular weight is 422 g/mol. The molecule has 2 saturated heterocycles. The Morgan fingerprint density at radius 1 is 1.21 bits per heavy atom. The fourth-order valence-electron chi connectivity index (χ4n) is 4.61. The van der Waals surface area contributed by atoms with Crippen LogP contribution < -0.4 is 5.32 Å². The van der Waals surface area contributed by atoms with Gasteiger partial charge in [-0.3, -0.25) is 9.48 Å². The summed E-state index contributed by atoms with van der Waals surface area (Å²) in [6.45, 7) is 5.81. The minimum Gasteiger partial charge on any atom is -0.321 e. The highest BCUT2D eigenvalue weighted by molar-refractivity contribution is 7.91. The molecule has 1 N–H and O–H groups in total. The molecule has 3 amide bonds. The molecule has 0 bridgehead atoms. The number of aryl methyl sites for hydroxylation is 1. The smallest absolute Gasteiger partial charge is 0.321 e. The molecule has 1 atom stereocenters. The molecule has 10 heteroatoms. The molecule has 158 valence electrons. The molecule has 1 spiro atoms. The maximum absolute atomic E-state index is 12.9. The van der Waals surface area contributed by atoms with E-state index in [1.807, 2.05) is 13.8 Å². The molecule has 1 saturated carbocycles. The number of rotatable bonds is 3. The highest BCUT2D eigenvalue weighted by Crippen LogP contribution is 2.36. The maximum atomic E-state index is 12.9. The molecule has 0 radical (unpaired) electrons. The number of nitrogens with zero attached hydrogens (tertiary/aromatic N) is 4. The number of imide groups is 1. The van der Waals surface area contributed by atoms with Gasteiger partial charge < -0.3 is 5.32 Å². The first-order valence-corrected chi connectivity index (χ1v) is 11.9. The zero-order valence-corrected chi connectivity index (χ0v) is 17.8. The second-order valence-corrected chi connectivity index (χ2v) is 10.9. The molecule has 3 fully saturated rings. The van der Waals surface area contributed by atoms with Gasteiger partial charge in [-0.15, -0.1) is 5.01 Å². The first-order chi connectivity index (χ1) is 13.6. The van der Waals surface area contributed by atoms with Crippen LogP contribution in [-0.2, 0) is 14.6 Å². The van der Waals surface area contributed by atoms with Crippen molar-refractivity contribution in [3.05, 3.63) is 17.0 Å². The average Bonchev–Trinajstić information content (AvgIpc) is 3.23. The molecule has 0 aromatic carbocycles. The molecule has 29 heavy (non-hydrogen) atoms. The second-order valence-electron chi connectivity index (χ2n) is 8.64. The Balaban J connectivity index is 1.55. The Morgan fingerprint density at radius 3 is 2.52 bits per heavy atom. The van der Waals surface area contributed by atoms with Crippen molar-refractivity contribution in [2.75, 3.05) is 11.5 Å². The van der Waals surface area contributed by atoms with Gasteiger partial charge in [0.05, 0.1) is 29.5 Å². The van der Waals surface area contributed by atoms with E-state index in [0.29, 0.717) is 36.4 Å². The molecule has 1 aromatic heterocycles. The number of sulfone groups is 1. The number of urea groups is 1. The number of carbonyl (C=O) groups is 2. The Morgan fingerprint density at radius 2 is 1.90 bits per heavy atom. The highest BCUT2D eigenvalue weighted by Gasteiger charge is 2.52. The van der Waals surface area contributed by atoms with Crippen LogP contribution in [0.4, 0.5) is 4.79 Å². The van der Waals surface area contributed by atoms with Crippen molar-refractivity contribution in [2.45, 2.75) is 64.5 Å². The minimum absolute atomic E-state index is 0.0828. The summed E-state index contributed by atoms with van der Waals surface area (Å²) in [7, 11) is -3.02. The van der Waals surface area contributed by atoms with E-state index in [1.54, 1.807) is 4.68 Å². The molecule has 0 unspecified atom stereocenters. The number of hydrogen-bond donors (Lipinski definition) is 1. The number of amides is 3. The first-order valence-electron chi connectivity index (χ1n) is 10.1. The molecule has 9 nitrogen and oxygen atoms in total. The van der Waals surface area contributed by atoms with Crippen LogP contribution >= 0.6 is 0 Å². The van der Waals surface area contributed by atoms with Crippen LogP contribution in [0.25, 0.3) is 0 Å². The molecule has 4 rings (SSSR count). The van der Waals surface area contributed by atoms with Gasteiger partial charge in [-0.1, -0.05) is 6.92 Å². The number of aromatic nitrogens is 2. The Labute approximate surface area is 170 Å². The first kappa shape index (κ1) is 20.1. The van der Waals surface area contributed by atoms with E-state index in [1.165, 1.54) is 6.21 Å². The number of hydrazone groups is 1. The van der Waals surface area contributed by atoms with Crippen LogP contribution in [0.2, 0.25) is 0 Å². The second kappa shape index (κ2) is 6.93. The van der Waals surface area contributed by atoms with Gasteiger partial charge in [-0.25, -0.2) is 13.2 Å². The fourth-order valence-corrected chi connectivity index (χ4v) is 6.30. The third-order valence-corrected chi connectivity index (χ3v) is 8.26. The standard InChI is InChI=1S/C19H27N5O4S/c1-12-4-7-19(8-5-12)17(25)24(18(26)21-19)20-10-16-13(2)22-23(14(16)3)15-6-9-29(27,28)11-15/h10,12,15H,4-9,11H2,1-3H3,(H,21,26)/t12?,15-,19?/m1/s1. The molecule has 1 aromatic rings. The van der Waals surface area contributed by atoms with Crippen molar-refractivity contribution in [3.8, 4) is 0 Å². The van der Waals surface area contributed by atoms with E-state index in [2.05, 4.69) is 22.4 Å². The van der Waals surface area contributed by atoms with Gasteiger partial charge in [0, 0.05) is 11.3 Å². The zero-order chi connectivity index (χ0) is 21.0. The van der Waals surface area contributed by atoms with Gasteiger partial charge >= 0.3 is 6.03 Å². The Kier molecular flexibility index (Phi) is 4.79. The summed E-state index contributed by atoms with van der Waals surface area (Å²) in [5, 5.41) is 12.5.